The van der Waals surface area contributed by atoms with Crippen LogP contribution in [0.3, 0.4) is 0 Å². The van der Waals surface area contributed by atoms with Gasteiger partial charge in [0, 0.05) is 50.2 Å². The number of aromatic nitrogens is 2. The number of rotatable bonds is 6. The van der Waals surface area contributed by atoms with Gasteiger partial charge in [-0.3, -0.25) is 14.5 Å². The van der Waals surface area contributed by atoms with Gasteiger partial charge in [-0.15, -0.1) is 0 Å². The fourth-order valence-electron chi connectivity index (χ4n) is 4.60. The molecule has 0 bridgehead atoms. The Hall–Kier alpha value is -2.96. The monoisotopic (exact) mass is 436 g/mol. The van der Waals surface area contributed by atoms with Crippen LogP contribution < -0.4 is 9.64 Å². The van der Waals surface area contributed by atoms with Crippen LogP contribution in [0.1, 0.15) is 59.8 Å². The van der Waals surface area contributed by atoms with E-state index in [0.717, 1.165) is 47.2 Å². The quantitative estimate of drug-likeness (QED) is 0.648. The van der Waals surface area contributed by atoms with Crippen molar-refractivity contribution in [2.24, 2.45) is 0 Å². The largest absolute Gasteiger partial charge is 0.493 e. The van der Waals surface area contributed by atoms with Crippen LogP contribution >= 0.6 is 0 Å². The summed E-state index contributed by atoms with van der Waals surface area (Å²) in [4.78, 5) is 37.8. The Morgan fingerprint density at radius 2 is 2.00 bits per heavy atom. The molecule has 4 rings (SSSR count). The molecule has 0 aliphatic carbocycles. The lowest BCUT2D eigenvalue weighted by atomic mass is 10.0. The van der Waals surface area contributed by atoms with E-state index in [1.807, 2.05) is 30.9 Å². The molecule has 0 saturated carbocycles. The summed E-state index contributed by atoms with van der Waals surface area (Å²) < 4.78 is 5.86. The number of ether oxygens (including phenoxy) is 1. The highest BCUT2D eigenvalue weighted by atomic mass is 16.5. The molecule has 170 valence electrons. The molecule has 1 aromatic carbocycles. The normalized spacial score (nSPS) is 18.1. The zero-order chi connectivity index (χ0) is 22.8. The van der Waals surface area contributed by atoms with E-state index in [1.165, 1.54) is 5.56 Å². The third-order valence-electron chi connectivity index (χ3n) is 6.52. The SMILES string of the molecule is Cc1ccc(OCCCC(=O)N2CCC(c3nc(C)c4c(n3)N(C)C(=O)CC4)C2)c(C)c1. The fourth-order valence-corrected chi connectivity index (χ4v) is 4.60. The first-order valence-electron chi connectivity index (χ1n) is 11.4. The molecule has 2 aliphatic heterocycles. The average Bonchev–Trinajstić information content (AvgIpc) is 3.25. The summed E-state index contributed by atoms with van der Waals surface area (Å²) in [5.41, 5.74) is 4.33. The Bertz CT molecular complexity index is 1040. The summed E-state index contributed by atoms with van der Waals surface area (Å²) in [7, 11) is 1.78. The van der Waals surface area contributed by atoms with Crippen molar-refractivity contribution in [1.29, 1.82) is 0 Å². The molecule has 0 radical (unpaired) electrons. The van der Waals surface area contributed by atoms with Crippen LogP contribution in [0, 0.1) is 20.8 Å². The van der Waals surface area contributed by atoms with Crippen LogP contribution in [0.5, 0.6) is 5.75 Å². The molecule has 7 nitrogen and oxygen atoms in total. The maximum atomic E-state index is 12.7. The Labute approximate surface area is 189 Å². The van der Waals surface area contributed by atoms with Crippen LogP contribution in [0.2, 0.25) is 0 Å². The van der Waals surface area contributed by atoms with E-state index in [0.29, 0.717) is 38.8 Å². The first-order chi connectivity index (χ1) is 15.3. The second kappa shape index (κ2) is 9.27. The second-order valence-electron chi connectivity index (χ2n) is 8.97. The minimum Gasteiger partial charge on any atom is -0.493 e. The molecule has 1 fully saturated rings. The number of hydrogen-bond donors (Lipinski definition) is 0. The molecule has 7 heteroatoms. The van der Waals surface area contributed by atoms with Gasteiger partial charge >= 0.3 is 0 Å². The predicted molar refractivity (Wildman–Crippen MR) is 123 cm³/mol. The molecule has 1 aromatic heterocycles. The molecular formula is C25H32N4O3. The van der Waals surface area contributed by atoms with Crippen LogP contribution in [-0.2, 0) is 16.0 Å². The lowest BCUT2D eigenvalue weighted by molar-refractivity contribution is -0.130. The predicted octanol–water partition coefficient (Wildman–Crippen LogP) is 3.49. The summed E-state index contributed by atoms with van der Waals surface area (Å²) in [6.45, 7) is 7.97. The van der Waals surface area contributed by atoms with Crippen molar-refractivity contribution >= 4 is 17.6 Å². The standard InChI is InChI=1S/C25H32N4O3/c1-16-7-9-21(17(2)14-16)32-13-5-6-23(31)29-12-11-19(15-29)24-26-18(3)20-8-10-22(30)28(4)25(20)27-24/h7,9,14,19H,5-6,8,10-13,15H2,1-4H3. The van der Waals surface area contributed by atoms with Gasteiger partial charge in [-0.1, -0.05) is 17.7 Å². The number of benzene rings is 1. The highest BCUT2D eigenvalue weighted by Gasteiger charge is 2.31. The molecule has 1 unspecified atom stereocenters. The van der Waals surface area contributed by atoms with Crippen molar-refractivity contribution < 1.29 is 14.3 Å². The van der Waals surface area contributed by atoms with Crippen molar-refractivity contribution in [2.75, 3.05) is 31.6 Å². The van der Waals surface area contributed by atoms with Crippen molar-refractivity contribution in [2.45, 2.75) is 58.8 Å². The van der Waals surface area contributed by atoms with Gasteiger partial charge in [-0.05, 0) is 51.7 Å². The average molecular weight is 437 g/mol. The van der Waals surface area contributed by atoms with E-state index < -0.39 is 0 Å². The summed E-state index contributed by atoms with van der Waals surface area (Å²) in [6.07, 6.45) is 3.21. The molecule has 32 heavy (non-hydrogen) atoms. The van der Waals surface area contributed by atoms with Crippen molar-refractivity contribution in [3.05, 3.63) is 46.4 Å². The number of anilines is 1. The Kier molecular flexibility index (Phi) is 6.44. The van der Waals surface area contributed by atoms with Crippen LogP contribution in [0.25, 0.3) is 0 Å². The minimum atomic E-state index is 0.0906. The first-order valence-corrected chi connectivity index (χ1v) is 11.4. The number of fused-ring (bicyclic) bond motifs is 1. The molecular weight excluding hydrogens is 404 g/mol. The number of amides is 2. The van der Waals surface area contributed by atoms with E-state index in [4.69, 9.17) is 14.7 Å². The van der Waals surface area contributed by atoms with Gasteiger partial charge < -0.3 is 9.64 Å². The maximum Gasteiger partial charge on any atom is 0.228 e. The Morgan fingerprint density at radius 1 is 1.19 bits per heavy atom. The van der Waals surface area contributed by atoms with E-state index in [2.05, 4.69) is 13.0 Å². The molecule has 3 heterocycles. The molecule has 2 aromatic rings. The van der Waals surface area contributed by atoms with Crippen LogP contribution in [0.15, 0.2) is 18.2 Å². The van der Waals surface area contributed by atoms with E-state index in [9.17, 15) is 9.59 Å². The van der Waals surface area contributed by atoms with Gasteiger partial charge in [0.1, 0.15) is 17.4 Å². The molecule has 1 saturated heterocycles. The lowest BCUT2D eigenvalue weighted by Crippen LogP contribution is -2.33. The van der Waals surface area contributed by atoms with Crippen molar-refractivity contribution in [1.82, 2.24) is 14.9 Å². The first kappa shape index (κ1) is 22.2. The van der Waals surface area contributed by atoms with Gasteiger partial charge in [0.15, 0.2) is 0 Å². The minimum absolute atomic E-state index is 0.0906. The number of carbonyl (C=O) groups is 2. The van der Waals surface area contributed by atoms with Crippen LogP contribution in [0.4, 0.5) is 5.82 Å². The van der Waals surface area contributed by atoms with Gasteiger partial charge in [0.2, 0.25) is 11.8 Å². The highest BCUT2D eigenvalue weighted by Crippen LogP contribution is 2.31. The summed E-state index contributed by atoms with van der Waals surface area (Å²) >= 11 is 0. The number of hydrogen-bond acceptors (Lipinski definition) is 5. The molecule has 2 amide bonds. The molecule has 0 spiro atoms. The van der Waals surface area contributed by atoms with Gasteiger partial charge in [0.05, 0.1) is 6.61 Å². The third-order valence-corrected chi connectivity index (χ3v) is 6.52. The Morgan fingerprint density at radius 3 is 2.78 bits per heavy atom. The number of likely N-dealkylation sites (tertiary alicyclic amines) is 1. The smallest absolute Gasteiger partial charge is 0.228 e. The van der Waals surface area contributed by atoms with E-state index in [1.54, 1.807) is 11.9 Å². The number of aryl methyl sites for hydroxylation is 3. The van der Waals surface area contributed by atoms with Gasteiger partial charge in [-0.2, -0.15) is 0 Å². The van der Waals surface area contributed by atoms with E-state index in [-0.39, 0.29) is 17.7 Å². The third kappa shape index (κ3) is 4.61. The Balaban J connectivity index is 1.31. The summed E-state index contributed by atoms with van der Waals surface area (Å²) in [5.74, 6) is 2.72. The molecule has 0 N–H and O–H groups in total. The number of nitrogens with zero attached hydrogens (tertiary/aromatic N) is 4. The topological polar surface area (TPSA) is 75.6 Å². The second-order valence-corrected chi connectivity index (χ2v) is 8.97. The van der Waals surface area contributed by atoms with Crippen LogP contribution in [-0.4, -0.2) is 53.4 Å². The highest BCUT2D eigenvalue weighted by molar-refractivity contribution is 5.94. The molecule has 1 atom stereocenters. The van der Waals surface area contributed by atoms with E-state index >= 15 is 0 Å². The summed E-state index contributed by atoms with van der Waals surface area (Å²) in [6, 6.07) is 6.13. The molecule has 2 aliphatic rings. The zero-order valence-corrected chi connectivity index (χ0v) is 19.5. The summed E-state index contributed by atoms with van der Waals surface area (Å²) in [5, 5.41) is 0. The maximum absolute atomic E-state index is 12.7. The lowest BCUT2D eigenvalue weighted by Gasteiger charge is -2.26. The van der Waals surface area contributed by atoms with Gasteiger partial charge in [-0.25, -0.2) is 9.97 Å². The van der Waals surface area contributed by atoms with Crippen molar-refractivity contribution in [3.8, 4) is 5.75 Å². The zero-order valence-electron chi connectivity index (χ0n) is 19.5. The fraction of sp³-hybridized carbons (Fsp3) is 0.520. The van der Waals surface area contributed by atoms with Crippen molar-refractivity contribution in [3.63, 3.8) is 0 Å². The number of carbonyl (C=O) groups excluding carboxylic acids is 2. The van der Waals surface area contributed by atoms with Gasteiger partial charge in [0.25, 0.3) is 0 Å².